The molecule has 2 rings (SSSR count). The predicted octanol–water partition coefficient (Wildman–Crippen LogP) is 2.92. The summed E-state index contributed by atoms with van der Waals surface area (Å²) in [5, 5.41) is 4.92. The van der Waals surface area contributed by atoms with Crippen molar-refractivity contribution >= 4 is 34.9 Å². The first-order valence-corrected chi connectivity index (χ1v) is 8.01. The molecule has 7 nitrogen and oxygen atoms in total. The van der Waals surface area contributed by atoms with Gasteiger partial charge in [-0.15, -0.1) is 0 Å². The van der Waals surface area contributed by atoms with E-state index in [0.29, 0.717) is 6.07 Å². The Bertz CT molecular complexity index is 925. The lowest BCUT2D eigenvalue weighted by atomic mass is 10.1. The minimum Gasteiger partial charge on any atom is -0.454 e. The number of hydrogen-bond donors (Lipinski definition) is 2. The van der Waals surface area contributed by atoms with Crippen LogP contribution in [0.5, 0.6) is 0 Å². The number of hydrogen-bond acceptors (Lipinski definition) is 5. The van der Waals surface area contributed by atoms with Crippen LogP contribution in [0.25, 0.3) is 0 Å². The van der Waals surface area contributed by atoms with Gasteiger partial charge in [0.2, 0.25) is 17.6 Å². The van der Waals surface area contributed by atoms with E-state index in [2.05, 4.69) is 10.6 Å². The molecule has 0 bridgehead atoms. The topological polar surface area (TPSA) is 102 Å². The van der Waals surface area contributed by atoms with Crippen LogP contribution >= 0.6 is 0 Å². The molecule has 2 amide bonds. The molecule has 0 atom stereocenters. The first kappa shape index (κ1) is 20.7. The molecule has 2 aromatic rings. The fourth-order valence-electron chi connectivity index (χ4n) is 2.30. The second-order valence-corrected chi connectivity index (χ2v) is 5.78. The zero-order chi connectivity index (χ0) is 20.8. The number of anilines is 2. The second kappa shape index (κ2) is 8.85. The van der Waals surface area contributed by atoms with E-state index in [1.54, 1.807) is 0 Å². The van der Waals surface area contributed by atoms with Crippen molar-refractivity contribution in [2.24, 2.45) is 0 Å². The van der Waals surface area contributed by atoms with Gasteiger partial charge in [0, 0.05) is 25.2 Å². The molecule has 0 aliphatic heterocycles. The van der Waals surface area contributed by atoms with Gasteiger partial charge in [-0.2, -0.15) is 0 Å². The summed E-state index contributed by atoms with van der Waals surface area (Å²) >= 11 is 0. The van der Waals surface area contributed by atoms with E-state index in [1.807, 2.05) is 0 Å². The van der Waals surface area contributed by atoms with E-state index >= 15 is 0 Å². The molecule has 0 spiro atoms. The minimum atomic E-state index is -0.955. The Morgan fingerprint density at radius 1 is 0.893 bits per heavy atom. The molecule has 0 unspecified atom stereocenters. The summed E-state index contributed by atoms with van der Waals surface area (Å²) in [4.78, 5) is 46.7. The van der Waals surface area contributed by atoms with Crippen LogP contribution in [-0.4, -0.2) is 30.2 Å². The molecule has 0 radical (unpaired) electrons. The number of carbonyl (C=O) groups excluding carboxylic acids is 4. The molecule has 0 saturated carbocycles. The van der Waals surface area contributed by atoms with Gasteiger partial charge in [0.1, 0.15) is 11.6 Å². The standard InChI is InChI=1S/C19H16F2N2O5/c1-10(24)22-14-5-12(6-15(8-14)23-11(2)25)19(27)28-9-18(26)16-7-13(20)3-4-17(16)21/h3-8H,9H2,1-2H3,(H,22,24)(H,23,25). The highest BCUT2D eigenvalue weighted by Crippen LogP contribution is 2.20. The Morgan fingerprint density at radius 3 is 2.00 bits per heavy atom. The van der Waals surface area contributed by atoms with Crippen molar-refractivity contribution in [3.8, 4) is 0 Å². The van der Waals surface area contributed by atoms with Crippen molar-refractivity contribution in [2.75, 3.05) is 17.2 Å². The zero-order valence-electron chi connectivity index (χ0n) is 15.0. The van der Waals surface area contributed by atoms with E-state index in [9.17, 15) is 28.0 Å². The third-order valence-corrected chi connectivity index (χ3v) is 3.37. The van der Waals surface area contributed by atoms with Crippen LogP contribution in [0.15, 0.2) is 36.4 Å². The zero-order valence-corrected chi connectivity index (χ0v) is 15.0. The number of rotatable bonds is 6. The fourth-order valence-corrected chi connectivity index (χ4v) is 2.30. The summed E-state index contributed by atoms with van der Waals surface area (Å²) in [6.07, 6.45) is 0. The Hall–Kier alpha value is -3.62. The molecular formula is C19H16F2N2O5. The van der Waals surface area contributed by atoms with Crippen molar-refractivity contribution in [1.82, 2.24) is 0 Å². The summed E-state index contributed by atoms with van der Waals surface area (Å²) in [6.45, 7) is 1.70. The minimum absolute atomic E-state index is 0.0671. The smallest absolute Gasteiger partial charge is 0.338 e. The lowest BCUT2D eigenvalue weighted by Gasteiger charge is -2.10. The normalized spacial score (nSPS) is 10.1. The van der Waals surface area contributed by atoms with Gasteiger partial charge in [-0.05, 0) is 36.4 Å². The molecule has 146 valence electrons. The molecule has 0 fully saturated rings. The van der Waals surface area contributed by atoms with Crippen LogP contribution in [0.1, 0.15) is 34.6 Å². The maximum absolute atomic E-state index is 13.6. The maximum Gasteiger partial charge on any atom is 0.338 e. The third kappa shape index (κ3) is 5.70. The Labute approximate surface area is 158 Å². The monoisotopic (exact) mass is 390 g/mol. The van der Waals surface area contributed by atoms with E-state index in [0.717, 1.165) is 12.1 Å². The van der Waals surface area contributed by atoms with E-state index in [4.69, 9.17) is 4.74 Å². The van der Waals surface area contributed by atoms with Crippen LogP contribution in [-0.2, 0) is 14.3 Å². The maximum atomic E-state index is 13.6. The molecule has 2 N–H and O–H groups in total. The number of ketones is 1. The van der Waals surface area contributed by atoms with Crippen LogP contribution in [0.3, 0.4) is 0 Å². The summed E-state index contributed by atoms with van der Waals surface area (Å²) in [6, 6.07) is 6.34. The van der Waals surface area contributed by atoms with Crippen molar-refractivity contribution in [3.63, 3.8) is 0 Å². The number of carbonyl (C=O) groups is 4. The molecular weight excluding hydrogens is 374 g/mol. The van der Waals surface area contributed by atoms with Crippen LogP contribution in [0.2, 0.25) is 0 Å². The van der Waals surface area contributed by atoms with Crippen molar-refractivity contribution in [3.05, 3.63) is 59.2 Å². The van der Waals surface area contributed by atoms with E-state index in [1.165, 1.54) is 32.0 Å². The number of amides is 2. The highest BCUT2D eigenvalue weighted by Gasteiger charge is 2.17. The van der Waals surface area contributed by atoms with Gasteiger partial charge in [0.25, 0.3) is 0 Å². The molecule has 9 heteroatoms. The average molecular weight is 390 g/mol. The predicted molar refractivity (Wildman–Crippen MR) is 96.0 cm³/mol. The van der Waals surface area contributed by atoms with Gasteiger partial charge < -0.3 is 15.4 Å². The average Bonchev–Trinajstić information content (AvgIpc) is 2.60. The molecule has 0 heterocycles. The number of halogens is 2. The molecule has 0 saturated heterocycles. The highest BCUT2D eigenvalue weighted by atomic mass is 19.1. The van der Waals surface area contributed by atoms with Gasteiger partial charge in [-0.3, -0.25) is 14.4 Å². The van der Waals surface area contributed by atoms with Gasteiger partial charge >= 0.3 is 5.97 Å². The Morgan fingerprint density at radius 2 is 1.46 bits per heavy atom. The highest BCUT2D eigenvalue weighted by molar-refractivity contribution is 6.01. The van der Waals surface area contributed by atoms with E-state index < -0.39 is 47.4 Å². The lowest BCUT2D eigenvalue weighted by molar-refractivity contribution is -0.115. The summed E-state index contributed by atoms with van der Waals surface area (Å²) < 4.78 is 31.6. The first-order chi connectivity index (χ1) is 13.2. The van der Waals surface area contributed by atoms with Crippen molar-refractivity contribution in [2.45, 2.75) is 13.8 Å². The molecule has 2 aromatic carbocycles. The molecule has 0 aromatic heterocycles. The van der Waals surface area contributed by atoms with Crippen LogP contribution in [0, 0.1) is 11.6 Å². The Kier molecular flexibility index (Phi) is 6.54. The summed E-state index contributed by atoms with van der Waals surface area (Å²) in [7, 11) is 0. The number of Topliss-reactive ketones (excluding diaryl/α,β-unsaturated/α-hetero) is 1. The van der Waals surface area contributed by atoms with Gasteiger partial charge in [-0.25, -0.2) is 13.6 Å². The largest absolute Gasteiger partial charge is 0.454 e. The lowest BCUT2D eigenvalue weighted by Crippen LogP contribution is -2.16. The van der Waals surface area contributed by atoms with Gasteiger partial charge in [0.15, 0.2) is 6.61 Å². The van der Waals surface area contributed by atoms with Gasteiger partial charge in [-0.1, -0.05) is 0 Å². The first-order valence-electron chi connectivity index (χ1n) is 8.01. The summed E-state index contributed by atoms with van der Waals surface area (Å²) in [5.41, 5.74) is -0.178. The van der Waals surface area contributed by atoms with Crippen molar-refractivity contribution < 1.29 is 32.7 Å². The second-order valence-electron chi connectivity index (χ2n) is 5.78. The molecule has 0 aliphatic rings. The quantitative estimate of drug-likeness (QED) is 0.583. The number of benzene rings is 2. The molecule has 0 aliphatic carbocycles. The number of ether oxygens (including phenoxy) is 1. The van der Waals surface area contributed by atoms with Crippen LogP contribution in [0.4, 0.5) is 20.2 Å². The van der Waals surface area contributed by atoms with Crippen molar-refractivity contribution in [1.29, 1.82) is 0 Å². The van der Waals surface area contributed by atoms with Gasteiger partial charge in [0.05, 0.1) is 11.1 Å². The Balaban J connectivity index is 2.18. The third-order valence-electron chi connectivity index (χ3n) is 3.37. The number of nitrogens with one attached hydrogen (secondary N) is 2. The molecule has 28 heavy (non-hydrogen) atoms. The fraction of sp³-hybridized carbons (Fsp3) is 0.158. The van der Waals surface area contributed by atoms with E-state index in [-0.39, 0.29) is 16.9 Å². The summed E-state index contributed by atoms with van der Waals surface area (Å²) in [5.74, 6) is -4.44. The SMILES string of the molecule is CC(=O)Nc1cc(NC(C)=O)cc(C(=O)OCC(=O)c2cc(F)ccc2F)c1. The van der Waals surface area contributed by atoms with Crippen LogP contribution < -0.4 is 10.6 Å². The number of esters is 1.